The van der Waals surface area contributed by atoms with Crippen molar-refractivity contribution >= 4 is 17.4 Å². The molecule has 0 saturated carbocycles. The Labute approximate surface area is 122 Å². The third-order valence-electron chi connectivity index (χ3n) is 3.00. The molecule has 0 saturated heterocycles. The van der Waals surface area contributed by atoms with Crippen molar-refractivity contribution in [3.8, 4) is 6.07 Å². The van der Waals surface area contributed by atoms with Gasteiger partial charge in [0.05, 0.1) is 4.92 Å². The van der Waals surface area contributed by atoms with E-state index in [0.717, 1.165) is 12.3 Å². The van der Waals surface area contributed by atoms with Crippen LogP contribution in [0.4, 0.5) is 11.5 Å². The topological polar surface area (TPSA) is 112 Å². The maximum atomic E-state index is 12.1. The number of anilines is 1. The van der Waals surface area contributed by atoms with Gasteiger partial charge in [-0.3, -0.25) is 14.9 Å². The lowest BCUT2D eigenvalue weighted by Crippen LogP contribution is -2.41. The number of carbonyl (C=O) groups is 1. The van der Waals surface area contributed by atoms with Gasteiger partial charge in [0.2, 0.25) is 5.91 Å². The molecule has 8 heteroatoms. The predicted octanol–water partition coefficient (Wildman–Crippen LogP) is 1.53. The van der Waals surface area contributed by atoms with Gasteiger partial charge in [-0.1, -0.05) is 0 Å². The van der Waals surface area contributed by atoms with Crippen LogP contribution in [0.3, 0.4) is 0 Å². The summed E-state index contributed by atoms with van der Waals surface area (Å²) in [6.45, 7) is 6.57. The highest BCUT2D eigenvalue weighted by atomic mass is 16.6. The van der Waals surface area contributed by atoms with Gasteiger partial charge in [-0.05, 0) is 20.8 Å². The van der Waals surface area contributed by atoms with E-state index in [0.29, 0.717) is 13.1 Å². The van der Waals surface area contributed by atoms with Gasteiger partial charge in [0.25, 0.3) is 5.69 Å². The van der Waals surface area contributed by atoms with Crippen LogP contribution >= 0.6 is 0 Å². The second-order valence-corrected chi connectivity index (χ2v) is 4.34. The number of hydrogen-bond donors (Lipinski definition) is 1. The first kappa shape index (κ1) is 16.4. The standard InChI is InChI=1S/C13H17N5O3/c1-4-17(5-2)13(19)9(3)16-12-10(7-14)6-11(8-15-12)18(20)21/h6,8-9H,4-5H2,1-3H3,(H,15,16). The van der Waals surface area contributed by atoms with Crippen LogP contribution in [0.1, 0.15) is 26.3 Å². The second-order valence-electron chi connectivity index (χ2n) is 4.34. The molecule has 1 heterocycles. The number of nitriles is 1. The molecule has 1 unspecified atom stereocenters. The van der Waals surface area contributed by atoms with E-state index in [1.807, 2.05) is 19.9 Å². The lowest BCUT2D eigenvalue weighted by atomic mass is 10.2. The van der Waals surface area contributed by atoms with E-state index in [2.05, 4.69) is 10.3 Å². The third kappa shape index (κ3) is 3.89. The predicted molar refractivity (Wildman–Crippen MR) is 76.6 cm³/mol. The highest BCUT2D eigenvalue weighted by Crippen LogP contribution is 2.19. The largest absolute Gasteiger partial charge is 0.358 e. The van der Waals surface area contributed by atoms with Crippen molar-refractivity contribution < 1.29 is 9.72 Å². The Bertz CT molecular complexity index is 578. The summed E-state index contributed by atoms with van der Waals surface area (Å²) in [6.07, 6.45) is 1.05. The van der Waals surface area contributed by atoms with Gasteiger partial charge >= 0.3 is 0 Å². The normalized spacial score (nSPS) is 11.3. The van der Waals surface area contributed by atoms with Crippen LogP contribution in [-0.2, 0) is 4.79 Å². The van der Waals surface area contributed by atoms with Crippen LogP contribution in [0.5, 0.6) is 0 Å². The monoisotopic (exact) mass is 291 g/mol. The second kappa shape index (κ2) is 7.19. The number of hydrogen-bond acceptors (Lipinski definition) is 6. The van der Waals surface area contributed by atoms with E-state index >= 15 is 0 Å². The lowest BCUT2D eigenvalue weighted by Gasteiger charge is -2.23. The molecule has 1 rings (SSSR count). The fourth-order valence-corrected chi connectivity index (χ4v) is 1.83. The quantitative estimate of drug-likeness (QED) is 0.628. The Kier molecular flexibility index (Phi) is 5.60. The molecule has 0 aliphatic rings. The molecule has 8 nitrogen and oxygen atoms in total. The van der Waals surface area contributed by atoms with Crippen molar-refractivity contribution in [1.82, 2.24) is 9.88 Å². The van der Waals surface area contributed by atoms with Gasteiger partial charge in [-0.2, -0.15) is 5.26 Å². The molecular weight excluding hydrogens is 274 g/mol. The molecule has 0 radical (unpaired) electrons. The summed E-state index contributed by atoms with van der Waals surface area (Å²) in [5.41, 5.74) is -0.233. The average Bonchev–Trinajstić information content (AvgIpc) is 2.48. The fraction of sp³-hybridized carbons (Fsp3) is 0.462. The molecule has 1 atom stereocenters. The summed E-state index contributed by atoms with van der Waals surface area (Å²) < 4.78 is 0. The van der Waals surface area contributed by atoms with Gasteiger partial charge in [-0.25, -0.2) is 4.98 Å². The third-order valence-corrected chi connectivity index (χ3v) is 3.00. The van der Waals surface area contributed by atoms with E-state index in [4.69, 9.17) is 5.26 Å². The summed E-state index contributed by atoms with van der Waals surface area (Å²) >= 11 is 0. The zero-order chi connectivity index (χ0) is 16.0. The summed E-state index contributed by atoms with van der Waals surface area (Å²) in [5, 5.41) is 22.5. The summed E-state index contributed by atoms with van der Waals surface area (Å²) in [7, 11) is 0. The van der Waals surface area contributed by atoms with Crippen LogP contribution in [0.2, 0.25) is 0 Å². The van der Waals surface area contributed by atoms with E-state index in [9.17, 15) is 14.9 Å². The van der Waals surface area contributed by atoms with Crippen molar-refractivity contribution in [1.29, 1.82) is 5.26 Å². The van der Waals surface area contributed by atoms with Gasteiger partial charge < -0.3 is 10.2 Å². The molecule has 1 aromatic rings. The number of likely N-dealkylation sites (N-methyl/N-ethyl adjacent to an activating group) is 1. The van der Waals surface area contributed by atoms with E-state index in [-0.39, 0.29) is 23.0 Å². The van der Waals surface area contributed by atoms with Crippen LogP contribution in [0.25, 0.3) is 0 Å². The lowest BCUT2D eigenvalue weighted by molar-refractivity contribution is -0.385. The Balaban J connectivity index is 2.95. The molecule has 0 aromatic carbocycles. The summed E-state index contributed by atoms with van der Waals surface area (Å²) in [6, 6.07) is 2.39. The summed E-state index contributed by atoms with van der Waals surface area (Å²) in [4.78, 5) is 27.7. The molecule has 0 aliphatic heterocycles. The number of nitrogens with one attached hydrogen (secondary N) is 1. The fourth-order valence-electron chi connectivity index (χ4n) is 1.83. The number of carbonyl (C=O) groups excluding carboxylic acids is 1. The van der Waals surface area contributed by atoms with Crippen LogP contribution < -0.4 is 5.32 Å². The highest BCUT2D eigenvalue weighted by molar-refractivity contribution is 5.84. The first-order valence-electron chi connectivity index (χ1n) is 6.54. The van der Waals surface area contributed by atoms with Crippen molar-refractivity contribution in [3.05, 3.63) is 27.9 Å². The number of amides is 1. The van der Waals surface area contributed by atoms with Crippen molar-refractivity contribution in [2.24, 2.45) is 0 Å². The van der Waals surface area contributed by atoms with Gasteiger partial charge in [0.15, 0.2) is 0 Å². The molecule has 21 heavy (non-hydrogen) atoms. The number of aromatic nitrogens is 1. The van der Waals surface area contributed by atoms with E-state index < -0.39 is 11.0 Å². The molecular formula is C13H17N5O3. The van der Waals surface area contributed by atoms with Crippen LogP contribution in [0, 0.1) is 21.4 Å². The van der Waals surface area contributed by atoms with E-state index in [1.165, 1.54) is 0 Å². The molecule has 112 valence electrons. The van der Waals surface area contributed by atoms with Crippen molar-refractivity contribution in [2.45, 2.75) is 26.8 Å². The first-order chi connectivity index (χ1) is 9.94. The SMILES string of the molecule is CCN(CC)C(=O)C(C)Nc1ncc([N+](=O)[O-])cc1C#N. The number of rotatable bonds is 6. The zero-order valence-corrected chi connectivity index (χ0v) is 12.2. The Morgan fingerprint density at radius 3 is 2.67 bits per heavy atom. The number of nitro groups is 1. The maximum Gasteiger partial charge on any atom is 0.289 e. The van der Waals surface area contributed by atoms with Gasteiger partial charge in [-0.15, -0.1) is 0 Å². The van der Waals surface area contributed by atoms with Crippen molar-refractivity contribution in [2.75, 3.05) is 18.4 Å². The minimum atomic E-state index is -0.623. The van der Waals surface area contributed by atoms with E-state index in [1.54, 1.807) is 11.8 Å². The first-order valence-corrected chi connectivity index (χ1v) is 6.54. The molecule has 0 fully saturated rings. The smallest absolute Gasteiger partial charge is 0.289 e. The zero-order valence-electron chi connectivity index (χ0n) is 12.2. The molecule has 0 spiro atoms. The minimum Gasteiger partial charge on any atom is -0.358 e. The van der Waals surface area contributed by atoms with Crippen molar-refractivity contribution in [3.63, 3.8) is 0 Å². The number of pyridine rings is 1. The average molecular weight is 291 g/mol. The Morgan fingerprint density at radius 2 is 2.19 bits per heavy atom. The maximum absolute atomic E-state index is 12.1. The molecule has 0 aliphatic carbocycles. The molecule has 1 aromatic heterocycles. The van der Waals surface area contributed by atoms with Crippen LogP contribution in [0.15, 0.2) is 12.3 Å². The van der Waals surface area contributed by atoms with Crippen LogP contribution in [-0.4, -0.2) is 39.8 Å². The number of nitrogens with zero attached hydrogens (tertiary/aromatic N) is 4. The van der Waals surface area contributed by atoms with Gasteiger partial charge in [0, 0.05) is 19.2 Å². The summed E-state index contributed by atoms with van der Waals surface area (Å²) in [5.74, 6) is 0.0418. The molecule has 1 N–H and O–H groups in total. The molecule has 1 amide bonds. The Morgan fingerprint density at radius 1 is 1.57 bits per heavy atom. The highest BCUT2D eigenvalue weighted by Gasteiger charge is 2.20. The minimum absolute atomic E-state index is 0.0309. The molecule has 0 bridgehead atoms. The Hall–Kier alpha value is -2.69. The van der Waals surface area contributed by atoms with Gasteiger partial charge in [0.1, 0.15) is 29.7 Å².